The first-order valence-electron chi connectivity index (χ1n) is 19.8. The highest BCUT2D eigenvalue weighted by atomic mass is 35.5. The van der Waals surface area contributed by atoms with Crippen LogP contribution in [0.15, 0.2) is 139 Å². The number of hydrogen-bond acceptors (Lipinski definition) is 8. The number of benzene rings is 4. The second-order valence-corrected chi connectivity index (χ2v) is 16.2. The van der Waals surface area contributed by atoms with Gasteiger partial charge in [-0.2, -0.15) is 18.2 Å². The van der Waals surface area contributed by atoms with Crippen molar-refractivity contribution >= 4 is 46.4 Å². The average molecular weight is 844 g/mol. The van der Waals surface area contributed by atoms with Crippen molar-refractivity contribution in [1.29, 1.82) is 0 Å². The molecule has 13 heteroatoms. The van der Waals surface area contributed by atoms with Gasteiger partial charge in [0.1, 0.15) is 23.8 Å². The first-order chi connectivity index (χ1) is 29.3. The molecule has 0 bridgehead atoms. The third-order valence-corrected chi connectivity index (χ3v) is 12.9. The molecule has 5 aromatic rings. The molecule has 2 heterocycles. The fourth-order valence-electron chi connectivity index (χ4n) is 10.0. The van der Waals surface area contributed by atoms with Gasteiger partial charge in [-0.15, -0.1) is 0 Å². The van der Waals surface area contributed by atoms with Crippen LogP contribution in [0.1, 0.15) is 46.7 Å². The van der Waals surface area contributed by atoms with Crippen LogP contribution in [0.25, 0.3) is 5.57 Å². The van der Waals surface area contributed by atoms with Crippen molar-refractivity contribution in [3.05, 3.63) is 172 Å². The molecule has 4 aliphatic rings. The van der Waals surface area contributed by atoms with Crippen molar-refractivity contribution in [3.63, 3.8) is 0 Å². The molecule has 1 aromatic heterocycles. The number of ketones is 2. The molecule has 1 saturated heterocycles. The molecule has 0 spiro atoms. The molecule has 1 N–H and O–H groups in total. The third kappa shape index (κ3) is 6.51. The number of allylic oxidation sites excluding steroid dienone is 4. The molecule has 4 aromatic carbocycles. The van der Waals surface area contributed by atoms with Crippen molar-refractivity contribution in [3.8, 4) is 11.5 Å². The SMILES string of the molecule is CN(c1nc(C(F)(F)F)ccc1Cl)N1C(=O)C2CC=C3C(CC4C(=O)C(c5ccccc5)=CC(=O)C4(c4ccccc4)C3c3ccc(OCc4ccccc4)cc3O)C2C1=O. The summed E-state index contributed by atoms with van der Waals surface area (Å²) in [4.78, 5) is 63.4. The van der Waals surface area contributed by atoms with Crippen molar-refractivity contribution in [2.75, 3.05) is 12.1 Å². The van der Waals surface area contributed by atoms with E-state index in [4.69, 9.17) is 16.3 Å². The van der Waals surface area contributed by atoms with Crippen LogP contribution in [0.2, 0.25) is 5.02 Å². The molecule has 2 amide bonds. The zero-order valence-electron chi connectivity index (χ0n) is 32.6. The number of carbonyl (C=O) groups is 4. The number of aromatic hydroxyl groups is 1. The van der Waals surface area contributed by atoms with Crippen LogP contribution >= 0.6 is 11.6 Å². The maximum Gasteiger partial charge on any atom is 0.433 e. The monoisotopic (exact) mass is 843 g/mol. The predicted octanol–water partition coefficient (Wildman–Crippen LogP) is 8.91. The Hall–Kier alpha value is -6.53. The summed E-state index contributed by atoms with van der Waals surface area (Å²) >= 11 is 6.35. The highest BCUT2D eigenvalue weighted by Crippen LogP contribution is 2.64. The Morgan fingerprint density at radius 1 is 0.869 bits per heavy atom. The van der Waals surface area contributed by atoms with E-state index in [1.165, 1.54) is 19.2 Å². The van der Waals surface area contributed by atoms with Gasteiger partial charge in [0.15, 0.2) is 17.4 Å². The third-order valence-electron chi connectivity index (χ3n) is 12.6. The lowest BCUT2D eigenvalue weighted by atomic mass is 9.44. The molecule has 1 aliphatic heterocycles. The minimum absolute atomic E-state index is 0.0225. The number of nitrogens with zero attached hydrogens (tertiary/aromatic N) is 3. The van der Waals surface area contributed by atoms with Gasteiger partial charge in [-0.25, -0.2) is 4.98 Å². The lowest BCUT2D eigenvalue weighted by Gasteiger charge is -2.55. The quantitative estimate of drug-likeness (QED) is 0.122. The number of Topliss-reactive ketones (excluding diaryl/α,β-unsaturated/α-hetero) is 1. The molecular weight excluding hydrogens is 807 g/mol. The first-order valence-corrected chi connectivity index (χ1v) is 20.1. The molecule has 3 aliphatic carbocycles. The lowest BCUT2D eigenvalue weighted by molar-refractivity contribution is -0.141. The molecule has 0 radical (unpaired) electrons. The van der Waals surface area contributed by atoms with Crippen LogP contribution in [0.4, 0.5) is 19.0 Å². The van der Waals surface area contributed by atoms with Gasteiger partial charge in [0.05, 0.1) is 22.3 Å². The van der Waals surface area contributed by atoms with Crippen molar-refractivity contribution in [2.45, 2.75) is 37.0 Å². The van der Waals surface area contributed by atoms with Crippen molar-refractivity contribution in [2.24, 2.45) is 23.7 Å². The fraction of sp³-hybridized carbons (Fsp3) is 0.229. The van der Waals surface area contributed by atoms with E-state index in [1.807, 2.05) is 36.4 Å². The van der Waals surface area contributed by atoms with Gasteiger partial charge in [0.25, 0.3) is 11.8 Å². The summed E-state index contributed by atoms with van der Waals surface area (Å²) in [5, 5.41) is 13.6. The predicted molar refractivity (Wildman–Crippen MR) is 220 cm³/mol. The van der Waals surface area contributed by atoms with Crippen LogP contribution in [0.5, 0.6) is 11.5 Å². The molecule has 2 fully saturated rings. The number of fused-ring (bicyclic) bond motifs is 4. The molecule has 6 atom stereocenters. The van der Waals surface area contributed by atoms with Gasteiger partial charge in [0, 0.05) is 36.1 Å². The number of pyridine rings is 1. The number of halogens is 4. The number of hydrazine groups is 1. The number of aromatic nitrogens is 1. The van der Waals surface area contributed by atoms with Gasteiger partial charge in [-0.1, -0.05) is 120 Å². The maximum absolute atomic E-state index is 15.4. The second-order valence-electron chi connectivity index (χ2n) is 15.8. The van der Waals surface area contributed by atoms with Crippen molar-refractivity contribution in [1.82, 2.24) is 9.99 Å². The molecule has 9 rings (SSSR count). The number of amides is 2. The number of alkyl halides is 3. The zero-order valence-corrected chi connectivity index (χ0v) is 33.3. The smallest absolute Gasteiger partial charge is 0.433 e. The van der Waals surface area contributed by atoms with E-state index in [9.17, 15) is 27.9 Å². The summed E-state index contributed by atoms with van der Waals surface area (Å²) in [5.41, 5.74) is 0.232. The zero-order chi connectivity index (χ0) is 42.8. The van der Waals surface area contributed by atoms with E-state index in [2.05, 4.69) is 4.98 Å². The number of phenols is 1. The van der Waals surface area contributed by atoms with Crippen LogP contribution in [-0.4, -0.2) is 45.5 Å². The summed E-state index contributed by atoms with van der Waals surface area (Å²) in [5.74, 6) is -7.33. The number of phenolic OH excluding ortho intramolecular Hbond substituents is 1. The summed E-state index contributed by atoms with van der Waals surface area (Å²) < 4.78 is 47.4. The number of anilines is 1. The molecular formula is C48H37ClF3N3O6. The Morgan fingerprint density at radius 2 is 1.54 bits per heavy atom. The van der Waals surface area contributed by atoms with E-state index < -0.39 is 64.5 Å². The number of ether oxygens (including phenoxy) is 1. The van der Waals surface area contributed by atoms with Gasteiger partial charge >= 0.3 is 6.18 Å². The van der Waals surface area contributed by atoms with E-state index in [-0.39, 0.29) is 47.4 Å². The number of rotatable bonds is 8. The first kappa shape index (κ1) is 39.9. The lowest BCUT2D eigenvalue weighted by Crippen LogP contribution is -2.59. The Balaban J connectivity index is 1.19. The Morgan fingerprint density at radius 3 is 2.21 bits per heavy atom. The van der Waals surface area contributed by atoms with Crippen molar-refractivity contribution < 1.29 is 42.2 Å². The number of hydrogen-bond donors (Lipinski definition) is 1. The largest absolute Gasteiger partial charge is 0.508 e. The Labute approximate surface area is 353 Å². The van der Waals surface area contributed by atoms with Crippen LogP contribution in [0, 0.1) is 23.7 Å². The van der Waals surface area contributed by atoms with Crippen LogP contribution in [-0.2, 0) is 37.4 Å². The van der Waals surface area contributed by atoms with Gasteiger partial charge in [-0.3, -0.25) is 24.2 Å². The number of carbonyl (C=O) groups excluding carboxylic acids is 4. The van der Waals surface area contributed by atoms with E-state index in [0.717, 1.165) is 21.6 Å². The summed E-state index contributed by atoms with van der Waals surface area (Å²) in [6.07, 6.45) is -1.60. The maximum atomic E-state index is 15.4. The van der Waals surface area contributed by atoms with E-state index in [1.54, 1.807) is 72.8 Å². The minimum atomic E-state index is -4.83. The standard InChI is InChI=1S/C48H37ClF3N3O6/c1-54(44-37(49)21-22-39(53-44)48(50,51)52)55-45(59)33-20-19-31-35(41(33)46(55)60)24-36-43(58)34(28-13-7-3-8-14-28)25-40(57)47(36,29-15-9-4-10-16-29)42(31)32-18-17-30(23-38(32)56)61-26-27-11-5-2-6-12-27/h2-19,21-23,25,33,35-36,41-42,56H,20,24,26H2,1H3. The number of imide groups is 1. The van der Waals surface area contributed by atoms with E-state index >= 15 is 9.59 Å². The highest BCUT2D eigenvalue weighted by molar-refractivity contribution is 6.33. The van der Waals surface area contributed by atoms with Gasteiger partial charge in [0.2, 0.25) is 0 Å². The summed E-state index contributed by atoms with van der Waals surface area (Å²) in [6.45, 7) is 0.220. The fourth-order valence-corrected chi connectivity index (χ4v) is 10.2. The average Bonchev–Trinajstić information content (AvgIpc) is 3.52. The summed E-state index contributed by atoms with van der Waals surface area (Å²) in [7, 11) is 1.25. The second kappa shape index (κ2) is 15.2. The molecule has 61 heavy (non-hydrogen) atoms. The Kier molecular flexibility index (Phi) is 9.93. The summed E-state index contributed by atoms with van der Waals surface area (Å²) in [6, 6.07) is 33.8. The van der Waals surface area contributed by atoms with Crippen LogP contribution < -0.4 is 9.75 Å². The Bertz CT molecular complexity index is 2660. The van der Waals surface area contributed by atoms with E-state index in [0.29, 0.717) is 34.1 Å². The van der Waals surface area contributed by atoms with Gasteiger partial charge < -0.3 is 9.84 Å². The minimum Gasteiger partial charge on any atom is -0.508 e. The highest BCUT2D eigenvalue weighted by Gasteiger charge is 2.66. The normalized spacial score (nSPS) is 24.7. The molecule has 308 valence electrons. The molecule has 9 nitrogen and oxygen atoms in total. The van der Waals surface area contributed by atoms with Gasteiger partial charge in [-0.05, 0) is 59.7 Å². The molecule has 6 unspecified atom stereocenters. The van der Waals surface area contributed by atoms with Crippen LogP contribution in [0.3, 0.4) is 0 Å². The topological polar surface area (TPSA) is 117 Å². The molecule has 1 saturated carbocycles.